The van der Waals surface area contributed by atoms with E-state index in [4.69, 9.17) is 28.2 Å². The van der Waals surface area contributed by atoms with Crippen LogP contribution >= 0.6 is 23.5 Å². The predicted molar refractivity (Wildman–Crippen MR) is 119 cm³/mol. The van der Waals surface area contributed by atoms with Crippen LogP contribution in [0.4, 0.5) is 0 Å². The maximum atomic E-state index is 10.9. The molecule has 6 heteroatoms. The van der Waals surface area contributed by atoms with Crippen LogP contribution in [0, 0.1) is 0 Å². The van der Waals surface area contributed by atoms with E-state index in [1.54, 1.807) is 0 Å². The molecule has 2 rings (SSSR count). The summed E-state index contributed by atoms with van der Waals surface area (Å²) in [6.07, 6.45) is 7.64. The lowest BCUT2D eigenvalue weighted by molar-refractivity contribution is -0.133. The number of halogens is 2. The Balaban J connectivity index is 1.78. The number of carbonyl (C=O) groups is 1. The fourth-order valence-corrected chi connectivity index (χ4v) is 2.99. The first kappa shape index (κ1) is 23.3. The van der Waals surface area contributed by atoms with Crippen LogP contribution in [0.2, 0.25) is 5.02 Å². The molecule has 0 saturated heterocycles. The van der Waals surface area contributed by atoms with Gasteiger partial charge in [0.15, 0.2) is 0 Å². The van der Waals surface area contributed by atoms with Gasteiger partial charge in [0.1, 0.15) is 24.2 Å². The molecule has 0 amide bonds. The number of hydrogen-bond donors (Lipinski definition) is 1. The Labute approximate surface area is 183 Å². The van der Waals surface area contributed by atoms with Crippen molar-refractivity contribution >= 4 is 35.5 Å². The van der Waals surface area contributed by atoms with Gasteiger partial charge in [-0.25, -0.2) is 0 Å². The summed E-state index contributed by atoms with van der Waals surface area (Å²) in [6.45, 7) is 3.82. The molecule has 0 fully saturated rings. The molecule has 0 aliphatic heterocycles. The van der Waals surface area contributed by atoms with Crippen LogP contribution < -0.4 is 10.1 Å². The van der Waals surface area contributed by atoms with Crippen molar-refractivity contribution < 1.29 is 13.8 Å². The summed E-state index contributed by atoms with van der Waals surface area (Å²) in [6, 6.07) is 14.2. The molecule has 0 spiro atoms. The van der Waals surface area contributed by atoms with Gasteiger partial charge in [-0.2, -0.15) is 0 Å². The first-order valence-corrected chi connectivity index (χ1v) is 10.5. The van der Waals surface area contributed by atoms with Gasteiger partial charge in [-0.15, -0.1) is 0 Å². The molecule has 4 nitrogen and oxygen atoms in total. The van der Waals surface area contributed by atoms with E-state index in [0.29, 0.717) is 24.7 Å². The number of unbranched alkanes of at least 4 members (excludes halogenated alkanes) is 1. The van der Waals surface area contributed by atoms with Gasteiger partial charge < -0.3 is 14.3 Å². The van der Waals surface area contributed by atoms with E-state index in [-0.39, 0.29) is 6.42 Å². The Morgan fingerprint density at radius 1 is 1.14 bits per heavy atom. The second kappa shape index (κ2) is 13.3. The molecule has 0 radical (unpaired) electrons. The van der Waals surface area contributed by atoms with Crippen molar-refractivity contribution in [3.05, 3.63) is 70.3 Å². The second-order valence-corrected chi connectivity index (χ2v) is 7.26. The SMILES string of the molecule is CCCCc1ccc(COc2ccc(/C=C/CNCCC(=O)OCl)c(Cl)c2)cc1. The van der Waals surface area contributed by atoms with Crippen molar-refractivity contribution in [2.24, 2.45) is 0 Å². The third-order valence-corrected chi connectivity index (χ3v) is 4.87. The van der Waals surface area contributed by atoms with Crippen LogP contribution in [-0.2, 0) is 22.1 Å². The molecule has 2 aromatic rings. The van der Waals surface area contributed by atoms with Crippen LogP contribution in [0.15, 0.2) is 48.5 Å². The summed E-state index contributed by atoms with van der Waals surface area (Å²) in [5.74, 6) is 0.286. The number of benzene rings is 2. The molecular formula is C23H27Cl2NO3. The third kappa shape index (κ3) is 8.90. The first-order valence-electron chi connectivity index (χ1n) is 9.81. The zero-order chi connectivity index (χ0) is 20.9. The fraction of sp³-hybridized carbons (Fsp3) is 0.348. The van der Waals surface area contributed by atoms with E-state index < -0.39 is 5.97 Å². The fourth-order valence-electron chi connectivity index (χ4n) is 2.68. The zero-order valence-electron chi connectivity index (χ0n) is 16.6. The summed E-state index contributed by atoms with van der Waals surface area (Å²) in [7, 11) is 0. The van der Waals surface area contributed by atoms with Crippen molar-refractivity contribution in [2.75, 3.05) is 13.1 Å². The molecule has 0 bridgehead atoms. The van der Waals surface area contributed by atoms with E-state index in [1.807, 2.05) is 30.4 Å². The Kier molecular flexibility index (Phi) is 10.6. The van der Waals surface area contributed by atoms with Crippen molar-refractivity contribution in [1.29, 1.82) is 0 Å². The molecule has 0 unspecified atom stereocenters. The number of hydrogen-bond acceptors (Lipinski definition) is 4. The molecule has 0 aromatic heterocycles. The van der Waals surface area contributed by atoms with Crippen molar-refractivity contribution in [1.82, 2.24) is 5.32 Å². The molecule has 1 N–H and O–H groups in total. The lowest BCUT2D eigenvalue weighted by atomic mass is 10.1. The minimum absolute atomic E-state index is 0.228. The van der Waals surface area contributed by atoms with E-state index in [0.717, 1.165) is 23.3 Å². The molecule has 0 saturated carbocycles. The zero-order valence-corrected chi connectivity index (χ0v) is 18.1. The van der Waals surface area contributed by atoms with Crippen molar-refractivity contribution in [2.45, 2.75) is 39.2 Å². The van der Waals surface area contributed by atoms with Gasteiger partial charge >= 0.3 is 5.97 Å². The highest BCUT2D eigenvalue weighted by Crippen LogP contribution is 2.24. The minimum atomic E-state index is -0.450. The topological polar surface area (TPSA) is 47.6 Å². The van der Waals surface area contributed by atoms with Gasteiger partial charge in [0.2, 0.25) is 0 Å². The van der Waals surface area contributed by atoms with Crippen LogP contribution in [0.3, 0.4) is 0 Å². The summed E-state index contributed by atoms with van der Waals surface area (Å²) < 4.78 is 9.93. The Morgan fingerprint density at radius 2 is 1.90 bits per heavy atom. The van der Waals surface area contributed by atoms with Gasteiger partial charge in [-0.1, -0.05) is 61.4 Å². The molecule has 0 aliphatic rings. The molecule has 0 aliphatic carbocycles. The number of nitrogens with one attached hydrogen (secondary N) is 1. The monoisotopic (exact) mass is 435 g/mol. The van der Waals surface area contributed by atoms with E-state index in [9.17, 15) is 4.79 Å². The molecular weight excluding hydrogens is 409 g/mol. The molecule has 0 heterocycles. The van der Waals surface area contributed by atoms with E-state index >= 15 is 0 Å². The quantitative estimate of drug-likeness (QED) is 0.418. The second-order valence-electron chi connectivity index (χ2n) is 6.70. The average molecular weight is 436 g/mol. The number of aryl methyl sites for hydroxylation is 1. The highest BCUT2D eigenvalue weighted by atomic mass is 35.5. The smallest absolute Gasteiger partial charge is 0.326 e. The van der Waals surface area contributed by atoms with Crippen LogP contribution in [0.1, 0.15) is 42.9 Å². The van der Waals surface area contributed by atoms with Crippen LogP contribution in [0.25, 0.3) is 6.08 Å². The molecule has 0 atom stereocenters. The number of carbonyl (C=O) groups excluding carboxylic acids is 1. The summed E-state index contributed by atoms with van der Waals surface area (Å²) in [5.41, 5.74) is 3.40. The van der Waals surface area contributed by atoms with Gasteiger partial charge in [0, 0.05) is 13.1 Å². The van der Waals surface area contributed by atoms with Gasteiger partial charge in [0.25, 0.3) is 0 Å². The lowest BCUT2D eigenvalue weighted by Gasteiger charge is -2.09. The summed E-state index contributed by atoms with van der Waals surface area (Å²) in [4.78, 5) is 10.9. The highest BCUT2D eigenvalue weighted by Gasteiger charge is 2.02. The first-order chi connectivity index (χ1) is 14.1. The van der Waals surface area contributed by atoms with Crippen molar-refractivity contribution in [3.63, 3.8) is 0 Å². The maximum absolute atomic E-state index is 10.9. The normalized spacial score (nSPS) is 11.0. The van der Waals surface area contributed by atoms with Crippen LogP contribution in [0.5, 0.6) is 5.75 Å². The average Bonchev–Trinajstić information content (AvgIpc) is 2.74. The van der Waals surface area contributed by atoms with Gasteiger partial charge in [-0.05, 0) is 47.7 Å². The van der Waals surface area contributed by atoms with Crippen molar-refractivity contribution in [3.8, 4) is 5.75 Å². The molecule has 2 aromatic carbocycles. The third-order valence-electron chi connectivity index (χ3n) is 4.37. The predicted octanol–water partition coefficient (Wildman–Crippen LogP) is 5.95. The Morgan fingerprint density at radius 3 is 2.59 bits per heavy atom. The van der Waals surface area contributed by atoms with E-state index in [1.165, 1.54) is 18.4 Å². The highest BCUT2D eigenvalue weighted by molar-refractivity contribution is 6.32. The minimum Gasteiger partial charge on any atom is -0.489 e. The van der Waals surface area contributed by atoms with Gasteiger partial charge in [-0.3, -0.25) is 4.79 Å². The number of rotatable bonds is 12. The standard InChI is InChI=1S/C23H27Cl2NO3/c1-2-3-5-18-7-9-19(10-8-18)17-28-21-12-11-20(22(24)16-21)6-4-14-26-15-13-23(27)29-25/h4,6-12,16,26H,2-3,5,13-15,17H2,1H3/b6-4+. The number of ether oxygens (including phenoxy) is 1. The van der Waals surface area contributed by atoms with Gasteiger partial charge in [0.05, 0.1) is 11.4 Å². The van der Waals surface area contributed by atoms with Crippen LogP contribution in [-0.4, -0.2) is 19.1 Å². The lowest BCUT2D eigenvalue weighted by Crippen LogP contribution is -2.18. The largest absolute Gasteiger partial charge is 0.489 e. The Bertz CT molecular complexity index is 791. The summed E-state index contributed by atoms with van der Waals surface area (Å²) >= 11 is 11.3. The molecule has 156 valence electrons. The van der Waals surface area contributed by atoms with E-state index in [2.05, 4.69) is 40.8 Å². The summed E-state index contributed by atoms with van der Waals surface area (Å²) in [5, 5.41) is 3.72. The molecule has 29 heavy (non-hydrogen) atoms. The maximum Gasteiger partial charge on any atom is 0.326 e. The Hall–Kier alpha value is -2.01.